The van der Waals surface area contributed by atoms with Crippen LogP contribution in [-0.4, -0.2) is 12.1 Å². The molecule has 4 heteroatoms. The summed E-state index contributed by atoms with van der Waals surface area (Å²) in [6.45, 7) is 0.484. The zero-order valence-electron chi connectivity index (χ0n) is 10.4. The number of hydrogen-bond acceptors (Lipinski definition) is 2. The third-order valence-electron chi connectivity index (χ3n) is 3.49. The molecule has 2 nitrogen and oxygen atoms in total. The summed E-state index contributed by atoms with van der Waals surface area (Å²) in [5.41, 5.74) is 7.06. The molecule has 100 valence electrons. The van der Waals surface area contributed by atoms with E-state index in [0.29, 0.717) is 16.7 Å². The normalized spacial score (nSPS) is 24.8. The Morgan fingerprint density at radius 1 is 1.17 bits per heavy atom. The molecule has 2 rings (SSSR count). The summed E-state index contributed by atoms with van der Waals surface area (Å²) < 4.78 is 5.93. The first kappa shape index (κ1) is 14.1. The molecule has 0 spiro atoms. The molecule has 1 aromatic carbocycles. The largest absolute Gasteiger partial charge is 0.372 e. The Balaban J connectivity index is 1.95. The monoisotopic (exact) mass is 287 g/mol. The van der Waals surface area contributed by atoms with Crippen LogP contribution >= 0.6 is 23.2 Å². The predicted molar refractivity (Wildman–Crippen MR) is 76.1 cm³/mol. The maximum atomic E-state index is 6.14. The Hall–Kier alpha value is -0.280. The van der Waals surface area contributed by atoms with E-state index < -0.39 is 0 Å². The molecular formula is C14H19Cl2NO. The van der Waals surface area contributed by atoms with E-state index in [1.807, 2.05) is 12.1 Å². The molecule has 2 N–H and O–H groups in total. The topological polar surface area (TPSA) is 35.2 Å². The van der Waals surface area contributed by atoms with Crippen molar-refractivity contribution < 1.29 is 4.74 Å². The van der Waals surface area contributed by atoms with Gasteiger partial charge in [-0.15, -0.1) is 0 Å². The van der Waals surface area contributed by atoms with Crippen LogP contribution in [0.15, 0.2) is 18.2 Å². The summed E-state index contributed by atoms with van der Waals surface area (Å²) in [5, 5.41) is 1.16. The van der Waals surface area contributed by atoms with Gasteiger partial charge in [-0.3, -0.25) is 0 Å². The van der Waals surface area contributed by atoms with Crippen molar-refractivity contribution in [2.75, 3.05) is 0 Å². The lowest BCUT2D eigenvalue weighted by Gasteiger charge is -2.22. The minimum Gasteiger partial charge on any atom is -0.372 e. The minimum atomic E-state index is 0.141. The van der Waals surface area contributed by atoms with Gasteiger partial charge >= 0.3 is 0 Å². The third kappa shape index (κ3) is 3.61. The van der Waals surface area contributed by atoms with E-state index in [0.717, 1.165) is 18.4 Å². The lowest BCUT2D eigenvalue weighted by molar-refractivity contribution is 0.0195. The summed E-state index contributed by atoms with van der Waals surface area (Å²) in [5.74, 6) is 0. The van der Waals surface area contributed by atoms with Gasteiger partial charge in [0.05, 0.1) is 22.8 Å². The van der Waals surface area contributed by atoms with Gasteiger partial charge in [0.2, 0.25) is 0 Å². The Morgan fingerprint density at radius 2 is 1.94 bits per heavy atom. The first-order valence-electron chi connectivity index (χ1n) is 6.48. The van der Waals surface area contributed by atoms with Crippen molar-refractivity contribution in [2.24, 2.45) is 5.73 Å². The van der Waals surface area contributed by atoms with Crippen molar-refractivity contribution in [1.29, 1.82) is 0 Å². The van der Waals surface area contributed by atoms with E-state index in [-0.39, 0.29) is 12.1 Å². The van der Waals surface area contributed by atoms with Crippen LogP contribution in [0, 0.1) is 0 Å². The molecule has 0 bridgehead atoms. The number of rotatable bonds is 3. The summed E-state index contributed by atoms with van der Waals surface area (Å²) in [6, 6.07) is 5.76. The van der Waals surface area contributed by atoms with E-state index in [1.165, 1.54) is 19.3 Å². The zero-order chi connectivity index (χ0) is 13.0. The van der Waals surface area contributed by atoms with Crippen LogP contribution < -0.4 is 5.73 Å². The average Bonchev–Trinajstić information content (AvgIpc) is 2.56. The molecular weight excluding hydrogens is 269 g/mol. The van der Waals surface area contributed by atoms with Crippen molar-refractivity contribution in [2.45, 2.75) is 50.9 Å². The predicted octanol–water partition coefficient (Wildman–Crippen LogP) is 4.17. The minimum absolute atomic E-state index is 0.141. The lowest BCUT2D eigenvalue weighted by Crippen LogP contribution is -2.35. The van der Waals surface area contributed by atoms with Gasteiger partial charge in [0.25, 0.3) is 0 Å². The maximum Gasteiger partial charge on any atom is 0.0736 e. The van der Waals surface area contributed by atoms with Crippen LogP contribution in [0.4, 0.5) is 0 Å². The van der Waals surface area contributed by atoms with Gasteiger partial charge in [-0.05, 0) is 24.5 Å². The van der Waals surface area contributed by atoms with Gasteiger partial charge in [0.1, 0.15) is 0 Å². The van der Waals surface area contributed by atoms with E-state index >= 15 is 0 Å². The highest BCUT2D eigenvalue weighted by atomic mass is 35.5. The Labute approximate surface area is 118 Å². The van der Waals surface area contributed by atoms with Gasteiger partial charge in [0, 0.05) is 6.04 Å². The van der Waals surface area contributed by atoms with Crippen LogP contribution in [0.2, 0.25) is 10.0 Å². The highest BCUT2D eigenvalue weighted by Crippen LogP contribution is 2.27. The van der Waals surface area contributed by atoms with E-state index in [9.17, 15) is 0 Å². The second-order valence-corrected chi connectivity index (χ2v) is 5.65. The van der Waals surface area contributed by atoms with Gasteiger partial charge in [-0.2, -0.15) is 0 Å². The molecule has 18 heavy (non-hydrogen) atoms. The van der Waals surface area contributed by atoms with Crippen molar-refractivity contribution in [3.8, 4) is 0 Å². The summed E-state index contributed by atoms with van der Waals surface area (Å²) in [7, 11) is 0. The number of hydrogen-bond donors (Lipinski definition) is 1. The lowest BCUT2D eigenvalue weighted by atomic mass is 10.1. The molecule has 0 amide bonds. The second kappa shape index (κ2) is 6.76. The first-order valence-corrected chi connectivity index (χ1v) is 7.24. The molecule has 1 aliphatic carbocycles. The fourth-order valence-corrected chi connectivity index (χ4v) is 2.74. The molecule has 2 unspecified atom stereocenters. The molecule has 1 fully saturated rings. The molecule has 1 aliphatic rings. The van der Waals surface area contributed by atoms with Gasteiger partial charge < -0.3 is 10.5 Å². The van der Waals surface area contributed by atoms with Crippen molar-refractivity contribution in [3.63, 3.8) is 0 Å². The molecule has 0 saturated heterocycles. The molecule has 0 aromatic heterocycles. The smallest absolute Gasteiger partial charge is 0.0736 e. The van der Waals surface area contributed by atoms with Crippen LogP contribution in [0.1, 0.15) is 37.7 Å². The average molecular weight is 288 g/mol. The van der Waals surface area contributed by atoms with Crippen molar-refractivity contribution in [1.82, 2.24) is 0 Å². The highest BCUT2D eigenvalue weighted by molar-refractivity contribution is 6.42. The number of ether oxygens (including phenoxy) is 1. The third-order valence-corrected chi connectivity index (χ3v) is 4.35. The molecule has 1 aromatic rings. The van der Waals surface area contributed by atoms with Crippen LogP contribution in [0.5, 0.6) is 0 Å². The first-order chi connectivity index (χ1) is 8.68. The SMILES string of the molecule is NC1CCCCCC1OCc1cccc(Cl)c1Cl. The molecule has 0 aliphatic heterocycles. The zero-order valence-corrected chi connectivity index (χ0v) is 11.9. The number of halogens is 2. The quantitative estimate of drug-likeness (QED) is 0.847. The molecule has 2 atom stereocenters. The second-order valence-electron chi connectivity index (χ2n) is 4.86. The van der Waals surface area contributed by atoms with E-state index in [2.05, 4.69) is 0 Å². The Morgan fingerprint density at radius 3 is 2.78 bits per heavy atom. The number of nitrogens with two attached hydrogens (primary N) is 1. The fourth-order valence-electron chi connectivity index (χ4n) is 2.37. The van der Waals surface area contributed by atoms with Crippen LogP contribution in [0.3, 0.4) is 0 Å². The van der Waals surface area contributed by atoms with Crippen molar-refractivity contribution >= 4 is 23.2 Å². The van der Waals surface area contributed by atoms with Gasteiger partial charge in [0.15, 0.2) is 0 Å². The maximum absolute atomic E-state index is 6.14. The van der Waals surface area contributed by atoms with Gasteiger partial charge in [-0.25, -0.2) is 0 Å². The summed E-state index contributed by atoms with van der Waals surface area (Å²) in [4.78, 5) is 0. The molecule has 0 radical (unpaired) electrons. The Bertz CT molecular complexity index is 397. The number of benzene rings is 1. The van der Waals surface area contributed by atoms with Crippen LogP contribution in [-0.2, 0) is 11.3 Å². The summed E-state index contributed by atoms with van der Waals surface area (Å²) in [6.07, 6.45) is 5.89. The van der Waals surface area contributed by atoms with Crippen molar-refractivity contribution in [3.05, 3.63) is 33.8 Å². The standard InChI is InChI=1S/C14H19Cl2NO/c15-11-6-4-5-10(14(11)16)9-18-13-8-3-1-2-7-12(13)17/h4-6,12-13H,1-3,7-9,17H2. The summed E-state index contributed by atoms with van der Waals surface area (Å²) >= 11 is 12.1. The van der Waals surface area contributed by atoms with E-state index in [4.69, 9.17) is 33.7 Å². The van der Waals surface area contributed by atoms with Crippen LogP contribution in [0.25, 0.3) is 0 Å². The fraction of sp³-hybridized carbons (Fsp3) is 0.571. The van der Waals surface area contributed by atoms with E-state index in [1.54, 1.807) is 6.07 Å². The highest BCUT2D eigenvalue weighted by Gasteiger charge is 2.21. The molecule has 0 heterocycles. The molecule has 1 saturated carbocycles. The Kier molecular flexibility index (Phi) is 5.31. The van der Waals surface area contributed by atoms with Gasteiger partial charge in [-0.1, -0.05) is 54.6 Å².